The zero-order valence-electron chi connectivity index (χ0n) is 15.7. The molecule has 0 fully saturated rings. The van der Waals surface area contributed by atoms with Crippen molar-refractivity contribution in [3.05, 3.63) is 35.9 Å². The first-order valence-corrected chi connectivity index (χ1v) is 8.74. The minimum atomic E-state index is -1.35. The average Bonchev–Trinajstić information content (AvgIpc) is 2.61. The van der Waals surface area contributed by atoms with Crippen molar-refractivity contribution in [3.8, 4) is 0 Å². The molecule has 3 atom stereocenters. The van der Waals surface area contributed by atoms with Gasteiger partial charge >= 0.3 is 6.09 Å². The number of ether oxygens (including phenoxy) is 1. The second-order valence-corrected chi connectivity index (χ2v) is 6.62. The van der Waals surface area contributed by atoms with Gasteiger partial charge in [0.05, 0.1) is 12.0 Å². The summed E-state index contributed by atoms with van der Waals surface area (Å²) in [6, 6.07) is 7.12. The second-order valence-electron chi connectivity index (χ2n) is 6.62. The van der Waals surface area contributed by atoms with Gasteiger partial charge in [0.2, 0.25) is 5.91 Å². The summed E-state index contributed by atoms with van der Waals surface area (Å²) in [5.41, 5.74) is 0.821. The van der Waals surface area contributed by atoms with E-state index in [1.54, 1.807) is 20.8 Å². The summed E-state index contributed by atoms with van der Waals surface area (Å²) < 4.78 is 5.12. The molecule has 0 aliphatic rings. The van der Waals surface area contributed by atoms with Crippen LogP contribution in [0.15, 0.2) is 30.3 Å². The fraction of sp³-hybridized carbons (Fsp3) is 0.526. The molecule has 7 heteroatoms. The predicted octanol–water partition coefficient (Wildman–Crippen LogP) is 1.22. The maximum Gasteiger partial charge on any atom is 0.408 e. The smallest absolute Gasteiger partial charge is 0.408 e. The molecule has 0 aliphatic heterocycles. The summed E-state index contributed by atoms with van der Waals surface area (Å²) in [6.45, 7) is 7.12. The molecule has 1 aromatic carbocycles. The lowest BCUT2D eigenvalue weighted by molar-refractivity contribution is -0.309. The van der Waals surface area contributed by atoms with Gasteiger partial charge in [-0.2, -0.15) is 0 Å². The molecule has 144 valence electrons. The zero-order chi connectivity index (χ0) is 19.7. The van der Waals surface area contributed by atoms with Gasteiger partial charge in [0, 0.05) is 0 Å². The second kappa shape index (κ2) is 10.4. The molecule has 0 aliphatic carbocycles. The third-order valence-corrected chi connectivity index (χ3v) is 4.20. The molecule has 0 spiro atoms. The van der Waals surface area contributed by atoms with Gasteiger partial charge in [-0.05, 0) is 17.4 Å². The van der Waals surface area contributed by atoms with Crippen LogP contribution in [0.25, 0.3) is 0 Å². The fourth-order valence-electron chi connectivity index (χ4n) is 2.34. The van der Waals surface area contributed by atoms with Gasteiger partial charge < -0.3 is 25.3 Å². The van der Waals surface area contributed by atoms with Crippen LogP contribution >= 0.6 is 0 Å². The van der Waals surface area contributed by atoms with Crippen LogP contribution in [0.3, 0.4) is 0 Å². The van der Waals surface area contributed by atoms with Gasteiger partial charge in [-0.15, -0.1) is 0 Å². The van der Waals surface area contributed by atoms with Crippen LogP contribution in [0.4, 0.5) is 4.79 Å². The molecular formula is C19H27N2O5-. The van der Waals surface area contributed by atoms with Crippen LogP contribution in [-0.4, -0.2) is 30.1 Å². The van der Waals surface area contributed by atoms with E-state index in [0.717, 1.165) is 5.56 Å². The maximum absolute atomic E-state index is 12.5. The Hall–Kier alpha value is -2.57. The molecule has 0 saturated heterocycles. The standard InChI is InChI=1S/C19H28N2O5/c1-5-13(4)16(18(23)24)20-17(22)15(12(2)3)21-19(25)26-11-14-9-7-6-8-10-14/h6-10,12-13,15-16H,5,11H2,1-4H3,(H,20,22)(H,21,25)(H,23,24)/p-1/t13-,15-,16-/m1/s1. The largest absolute Gasteiger partial charge is 0.548 e. The van der Waals surface area contributed by atoms with Crippen molar-refractivity contribution in [2.45, 2.75) is 52.8 Å². The van der Waals surface area contributed by atoms with Crippen molar-refractivity contribution in [1.29, 1.82) is 0 Å². The normalized spacial score (nSPS) is 14.2. The summed E-state index contributed by atoms with van der Waals surface area (Å²) in [4.78, 5) is 35.7. The Kier molecular flexibility index (Phi) is 8.61. The molecule has 0 radical (unpaired) electrons. The van der Waals surface area contributed by atoms with Gasteiger partial charge in [0.1, 0.15) is 12.6 Å². The zero-order valence-corrected chi connectivity index (χ0v) is 15.7. The minimum Gasteiger partial charge on any atom is -0.548 e. The van der Waals surface area contributed by atoms with Crippen molar-refractivity contribution < 1.29 is 24.2 Å². The number of benzene rings is 1. The Bertz CT molecular complexity index is 603. The number of hydrogen-bond donors (Lipinski definition) is 2. The molecule has 26 heavy (non-hydrogen) atoms. The van der Waals surface area contributed by atoms with Crippen LogP contribution in [0.1, 0.15) is 39.7 Å². The number of carboxylic acids is 1. The Labute approximate surface area is 154 Å². The lowest BCUT2D eigenvalue weighted by atomic mass is 9.97. The van der Waals surface area contributed by atoms with Gasteiger partial charge in [0.25, 0.3) is 0 Å². The monoisotopic (exact) mass is 363 g/mol. The Morgan fingerprint density at radius 2 is 1.65 bits per heavy atom. The lowest BCUT2D eigenvalue weighted by Crippen LogP contribution is -2.57. The van der Waals surface area contributed by atoms with Crippen molar-refractivity contribution in [3.63, 3.8) is 0 Å². The van der Waals surface area contributed by atoms with E-state index in [1.807, 2.05) is 37.3 Å². The summed E-state index contributed by atoms with van der Waals surface area (Å²) in [6.07, 6.45) is -0.172. The molecule has 1 aromatic rings. The van der Waals surface area contributed by atoms with Crippen LogP contribution in [0, 0.1) is 11.8 Å². The first-order chi connectivity index (χ1) is 12.3. The van der Waals surface area contributed by atoms with Gasteiger partial charge in [-0.25, -0.2) is 4.79 Å². The van der Waals surface area contributed by atoms with Crippen LogP contribution in [0.2, 0.25) is 0 Å². The van der Waals surface area contributed by atoms with E-state index >= 15 is 0 Å². The van der Waals surface area contributed by atoms with Crippen LogP contribution in [0.5, 0.6) is 0 Å². The fourth-order valence-corrected chi connectivity index (χ4v) is 2.34. The number of hydrogen-bond acceptors (Lipinski definition) is 5. The number of aliphatic carboxylic acids is 1. The molecule has 0 heterocycles. The molecule has 7 nitrogen and oxygen atoms in total. The quantitative estimate of drug-likeness (QED) is 0.686. The number of nitrogens with one attached hydrogen (secondary N) is 2. The lowest BCUT2D eigenvalue weighted by Gasteiger charge is -2.29. The van der Waals surface area contributed by atoms with Crippen LogP contribution < -0.4 is 15.7 Å². The highest BCUT2D eigenvalue weighted by molar-refractivity contribution is 5.89. The number of carbonyl (C=O) groups excluding carboxylic acids is 3. The van der Waals surface area contributed by atoms with Gasteiger partial charge in [-0.1, -0.05) is 64.4 Å². The van der Waals surface area contributed by atoms with Crippen molar-refractivity contribution in [2.24, 2.45) is 11.8 Å². The Morgan fingerprint density at radius 3 is 2.15 bits per heavy atom. The molecule has 0 unspecified atom stereocenters. The number of alkyl carbamates (subject to hydrolysis) is 1. The molecule has 0 saturated carbocycles. The number of carbonyl (C=O) groups is 3. The number of amides is 2. The van der Waals surface area contributed by atoms with Crippen molar-refractivity contribution >= 4 is 18.0 Å². The molecular weight excluding hydrogens is 336 g/mol. The van der Waals surface area contributed by atoms with Crippen LogP contribution in [-0.2, 0) is 20.9 Å². The molecule has 0 aromatic heterocycles. The predicted molar refractivity (Wildman–Crippen MR) is 94.8 cm³/mol. The first kappa shape index (κ1) is 21.5. The van der Waals surface area contributed by atoms with E-state index in [0.29, 0.717) is 6.42 Å². The van der Waals surface area contributed by atoms with Gasteiger partial charge in [-0.3, -0.25) is 4.79 Å². The van der Waals surface area contributed by atoms with Gasteiger partial charge in [0.15, 0.2) is 0 Å². The SMILES string of the molecule is CC[C@@H](C)[C@@H](NC(=O)[C@H](NC(=O)OCc1ccccc1)C(C)C)C(=O)[O-]. The Balaban J connectivity index is 2.67. The van der Waals surface area contributed by atoms with E-state index in [2.05, 4.69) is 10.6 Å². The highest BCUT2D eigenvalue weighted by Crippen LogP contribution is 2.10. The summed E-state index contributed by atoms with van der Waals surface area (Å²) in [5.74, 6) is -2.46. The third kappa shape index (κ3) is 6.74. The van der Waals surface area contributed by atoms with E-state index in [-0.39, 0.29) is 18.4 Å². The van der Waals surface area contributed by atoms with E-state index < -0.39 is 30.1 Å². The number of carboxylic acid groups (broad SMARTS) is 1. The van der Waals surface area contributed by atoms with E-state index in [9.17, 15) is 19.5 Å². The summed E-state index contributed by atoms with van der Waals surface area (Å²) in [5, 5.41) is 16.2. The van der Waals surface area contributed by atoms with Crippen molar-refractivity contribution in [1.82, 2.24) is 10.6 Å². The number of rotatable bonds is 9. The van der Waals surface area contributed by atoms with E-state index in [4.69, 9.17) is 4.74 Å². The summed E-state index contributed by atoms with van der Waals surface area (Å²) >= 11 is 0. The molecule has 2 amide bonds. The minimum absolute atomic E-state index is 0.0770. The first-order valence-electron chi connectivity index (χ1n) is 8.74. The highest BCUT2D eigenvalue weighted by atomic mass is 16.5. The third-order valence-electron chi connectivity index (χ3n) is 4.20. The van der Waals surface area contributed by atoms with Crippen molar-refractivity contribution in [2.75, 3.05) is 0 Å². The average molecular weight is 363 g/mol. The Morgan fingerprint density at radius 1 is 1.04 bits per heavy atom. The topological polar surface area (TPSA) is 108 Å². The summed E-state index contributed by atoms with van der Waals surface area (Å²) in [7, 11) is 0. The van der Waals surface area contributed by atoms with E-state index in [1.165, 1.54) is 0 Å². The molecule has 2 N–H and O–H groups in total. The highest BCUT2D eigenvalue weighted by Gasteiger charge is 2.28. The maximum atomic E-state index is 12.5. The molecule has 0 bridgehead atoms. The molecule has 1 rings (SSSR count).